The molecule has 1 aromatic rings. The number of hydrogen-bond donors (Lipinski definition) is 2. The maximum Gasteiger partial charge on any atom is 0.407 e. The minimum Gasteiger partial charge on any atom is -0.444 e. The Morgan fingerprint density at radius 2 is 1.85 bits per heavy atom. The molecule has 112 valence electrons. The summed E-state index contributed by atoms with van der Waals surface area (Å²) >= 11 is 0. The minimum atomic E-state index is -0.487. The van der Waals surface area contributed by atoms with Crippen LogP contribution in [-0.4, -0.2) is 24.8 Å². The van der Waals surface area contributed by atoms with Gasteiger partial charge in [0, 0.05) is 19.1 Å². The predicted molar refractivity (Wildman–Crippen MR) is 77.1 cm³/mol. The molecule has 0 aliphatic rings. The molecule has 1 aromatic carbocycles. The van der Waals surface area contributed by atoms with Crippen molar-refractivity contribution >= 4 is 6.09 Å². The summed E-state index contributed by atoms with van der Waals surface area (Å²) in [6.07, 6.45) is -0.422. The third-order valence-corrected chi connectivity index (χ3v) is 2.61. The normalized spacial score (nSPS) is 12.8. The lowest BCUT2D eigenvalue weighted by molar-refractivity contribution is 0.0528. The molecule has 0 radical (unpaired) electrons. The second kappa shape index (κ2) is 7.24. The molecule has 0 saturated carbocycles. The van der Waals surface area contributed by atoms with Gasteiger partial charge in [0.1, 0.15) is 11.4 Å². The van der Waals surface area contributed by atoms with E-state index in [-0.39, 0.29) is 11.9 Å². The maximum atomic E-state index is 12.8. The van der Waals surface area contributed by atoms with E-state index < -0.39 is 11.7 Å². The van der Waals surface area contributed by atoms with Crippen molar-refractivity contribution in [2.75, 3.05) is 13.1 Å². The van der Waals surface area contributed by atoms with Crippen LogP contribution >= 0.6 is 0 Å². The Hall–Kier alpha value is -1.62. The first-order valence-corrected chi connectivity index (χ1v) is 6.73. The fraction of sp³-hybridized carbons (Fsp3) is 0.533. The Bertz CT molecular complexity index is 426. The van der Waals surface area contributed by atoms with Crippen molar-refractivity contribution in [3.8, 4) is 0 Å². The van der Waals surface area contributed by atoms with Crippen LogP contribution in [-0.2, 0) is 4.74 Å². The van der Waals surface area contributed by atoms with E-state index in [0.717, 1.165) is 5.56 Å². The second-order valence-electron chi connectivity index (χ2n) is 5.66. The van der Waals surface area contributed by atoms with Gasteiger partial charge in [0.15, 0.2) is 0 Å². The molecule has 1 rings (SSSR count). The van der Waals surface area contributed by atoms with Crippen LogP contribution in [0, 0.1) is 5.82 Å². The average molecular weight is 282 g/mol. The summed E-state index contributed by atoms with van der Waals surface area (Å²) in [4.78, 5) is 11.4. The number of carbonyl (C=O) groups is 1. The standard InChI is InChI=1S/C15H23FN2O2/c1-11(12-5-7-13(16)8-6-12)17-9-10-18-14(19)20-15(2,3)4/h5-8,11,17H,9-10H2,1-4H3,(H,18,19)/t11-/m1/s1. The highest BCUT2D eigenvalue weighted by molar-refractivity contribution is 5.67. The van der Waals surface area contributed by atoms with Gasteiger partial charge < -0.3 is 15.4 Å². The molecular formula is C15H23FN2O2. The number of alkyl carbamates (subject to hydrolysis) is 1. The van der Waals surface area contributed by atoms with Crippen LogP contribution in [0.1, 0.15) is 39.3 Å². The second-order valence-corrected chi connectivity index (χ2v) is 5.66. The number of ether oxygens (including phenoxy) is 1. The molecule has 4 nitrogen and oxygen atoms in total. The van der Waals surface area contributed by atoms with E-state index >= 15 is 0 Å². The van der Waals surface area contributed by atoms with Crippen molar-refractivity contribution in [3.63, 3.8) is 0 Å². The molecular weight excluding hydrogens is 259 g/mol. The quantitative estimate of drug-likeness (QED) is 0.816. The van der Waals surface area contributed by atoms with Crippen LogP contribution in [0.5, 0.6) is 0 Å². The summed E-state index contributed by atoms with van der Waals surface area (Å²) in [6.45, 7) is 8.53. The lowest BCUT2D eigenvalue weighted by Crippen LogP contribution is -2.36. The van der Waals surface area contributed by atoms with E-state index in [0.29, 0.717) is 13.1 Å². The third-order valence-electron chi connectivity index (χ3n) is 2.61. The molecule has 0 fully saturated rings. The first kappa shape index (κ1) is 16.4. The van der Waals surface area contributed by atoms with Crippen molar-refractivity contribution in [1.29, 1.82) is 0 Å². The summed E-state index contributed by atoms with van der Waals surface area (Å²) in [5.74, 6) is -0.243. The molecule has 0 aliphatic heterocycles. The van der Waals surface area contributed by atoms with Gasteiger partial charge in [-0.25, -0.2) is 9.18 Å². The lowest BCUT2D eigenvalue weighted by atomic mass is 10.1. The zero-order valence-corrected chi connectivity index (χ0v) is 12.5. The minimum absolute atomic E-state index is 0.0936. The van der Waals surface area contributed by atoms with Gasteiger partial charge in [-0.3, -0.25) is 0 Å². The Balaban J connectivity index is 2.24. The smallest absolute Gasteiger partial charge is 0.407 e. The van der Waals surface area contributed by atoms with Gasteiger partial charge in [0.2, 0.25) is 0 Å². The van der Waals surface area contributed by atoms with Gasteiger partial charge in [-0.15, -0.1) is 0 Å². The molecule has 0 aromatic heterocycles. The van der Waals surface area contributed by atoms with Crippen LogP contribution in [0.2, 0.25) is 0 Å². The number of hydrogen-bond acceptors (Lipinski definition) is 3. The van der Waals surface area contributed by atoms with Crippen molar-refractivity contribution in [2.45, 2.75) is 39.3 Å². The van der Waals surface area contributed by atoms with Crippen LogP contribution in [0.25, 0.3) is 0 Å². The molecule has 0 aliphatic carbocycles. The Kier molecular flexibility index (Phi) is 5.95. The fourth-order valence-electron chi connectivity index (χ4n) is 1.64. The third kappa shape index (κ3) is 6.52. The first-order chi connectivity index (χ1) is 9.28. The van der Waals surface area contributed by atoms with Gasteiger partial charge in [-0.1, -0.05) is 12.1 Å². The molecule has 0 unspecified atom stereocenters. The summed E-state index contributed by atoms with van der Waals surface area (Å²) in [6, 6.07) is 6.46. The van der Waals surface area contributed by atoms with Crippen molar-refractivity contribution in [3.05, 3.63) is 35.6 Å². The van der Waals surface area contributed by atoms with E-state index in [1.54, 1.807) is 12.1 Å². The summed E-state index contributed by atoms with van der Waals surface area (Å²) in [5.41, 5.74) is 0.516. The lowest BCUT2D eigenvalue weighted by Gasteiger charge is -2.20. The Morgan fingerprint density at radius 3 is 2.40 bits per heavy atom. The highest BCUT2D eigenvalue weighted by Crippen LogP contribution is 2.12. The maximum absolute atomic E-state index is 12.8. The topological polar surface area (TPSA) is 50.4 Å². The number of nitrogens with one attached hydrogen (secondary N) is 2. The van der Waals surface area contributed by atoms with Gasteiger partial charge in [0.25, 0.3) is 0 Å². The SMILES string of the molecule is C[C@@H](NCCNC(=O)OC(C)(C)C)c1ccc(F)cc1. The molecule has 1 amide bonds. The average Bonchev–Trinajstić information content (AvgIpc) is 2.33. The zero-order chi connectivity index (χ0) is 15.2. The molecule has 5 heteroatoms. The monoisotopic (exact) mass is 282 g/mol. The van der Waals surface area contributed by atoms with Gasteiger partial charge in [0.05, 0.1) is 0 Å². The van der Waals surface area contributed by atoms with Gasteiger partial charge >= 0.3 is 6.09 Å². The number of rotatable bonds is 5. The van der Waals surface area contributed by atoms with Gasteiger partial charge in [-0.05, 0) is 45.4 Å². The van der Waals surface area contributed by atoms with Crippen LogP contribution < -0.4 is 10.6 Å². The Morgan fingerprint density at radius 1 is 1.25 bits per heavy atom. The highest BCUT2D eigenvalue weighted by Gasteiger charge is 2.15. The molecule has 0 spiro atoms. The van der Waals surface area contributed by atoms with E-state index in [4.69, 9.17) is 4.74 Å². The van der Waals surface area contributed by atoms with Crippen molar-refractivity contribution < 1.29 is 13.9 Å². The van der Waals surface area contributed by atoms with Crippen LogP contribution in [0.3, 0.4) is 0 Å². The summed E-state index contributed by atoms with van der Waals surface area (Å²) in [5, 5.41) is 5.92. The molecule has 20 heavy (non-hydrogen) atoms. The van der Waals surface area contributed by atoms with Crippen molar-refractivity contribution in [1.82, 2.24) is 10.6 Å². The van der Waals surface area contributed by atoms with Crippen molar-refractivity contribution in [2.24, 2.45) is 0 Å². The highest BCUT2D eigenvalue weighted by atomic mass is 19.1. The zero-order valence-electron chi connectivity index (χ0n) is 12.5. The summed E-state index contributed by atoms with van der Waals surface area (Å²) in [7, 11) is 0. The Labute approximate surface area is 119 Å². The number of carbonyl (C=O) groups excluding carboxylic acids is 1. The first-order valence-electron chi connectivity index (χ1n) is 6.73. The predicted octanol–water partition coefficient (Wildman–Crippen LogP) is 3.00. The fourth-order valence-corrected chi connectivity index (χ4v) is 1.64. The van der Waals surface area contributed by atoms with E-state index in [1.807, 2.05) is 27.7 Å². The van der Waals surface area contributed by atoms with E-state index in [2.05, 4.69) is 10.6 Å². The molecule has 0 heterocycles. The number of benzene rings is 1. The molecule has 0 saturated heterocycles. The largest absolute Gasteiger partial charge is 0.444 e. The molecule has 0 bridgehead atoms. The number of amides is 1. The van der Waals surface area contributed by atoms with E-state index in [1.165, 1.54) is 12.1 Å². The summed E-state index contributed by atoms with van der Waals surface area (Å²) < 4.78 is 17.9. The van der Waals surface area contributed by atoms with Crippen LogP contribution in [0.15, 0.2) is 24.3 Å². The molecule has 2 N–H and O–H groups in total. The van der Waals surface area contributed by atoms with Crippen LogP contribution in [0.4, 0.5) is 9.18 Å². The van der Waals surface area contributed by atoms with E-state index in [9.17, 15) is 9.18 Å². The molecule has 1 atom stereocenters. The number of halogens is 1. The van der Waals surface area contributed by atoms with Gasteiger partial charge in [-0.2, -0.15) is 0 Å².